The van der Waals surface area contributed by atoms with Gasteiger partial charge in [0.1, 0.15) is 0 Å². The van der Waals surface area contributed by atoms with Crippen molar-refractivity contribution in [2.45, 2.75) is 38.3 Å². The normalized spacial score (nSPS) is 18.9. The summed E-state index contributed by atoms with van der Waals surface area (Å²) in [6, 6.07) is 7.93. The SMILES string of the molecule is COC1CCN(Cc2ccc(C(C)C(=O)O)cc2)CC1. The number of benzene rings is 1. The van der Waals surface area contributed by atoms with E-state index in [1.165, 1.54) is 5.56 Å². The molecule has 1 saturated heterocycles. The zero-order chi connectivity index (χ0) is 14.5. The van der Waals surface area contributed by atoms with Crippen LogP contribution in [-0.2, 0) is 16.1 Å². The lowest BCUT2D eigenvalue weighted by atomic mass is 9.99. The maximum atomic E-state index is 10.9. The van der Waals surface area contributed by atoms with E-state index in [0.29, 0.717) is 6.10 Å². The van der Waals surface area contributed by atoms with Crippen molar-refractivity contribution in [2.24, 2.45) is 0 Å². The fourth-order valence-electron chi connectivity index (χ4n) is 2.62. The van der Waals surface area contributed by atoms with Crippen molar-refractivity contribution in [3.05, 3.63) is 35.4 Å². The molecule has 0 spiro atoms. The molecule has 2 rings (SSSR count). The minimum Gasteiger partial charge on any atom is -0.481 e. The van der Waals surface area contributed by atoms with Crippen LogP contribution in [0.4, 0.5) is 0 Å². The largest absolute Gasteiger partial charge is 0.481 e. The second-order valence-electron chi connectivity index (χ2n) is 5.51. The number of nitrogens with zero attached hydrogens (tertiary/aromatic N) is 1. The van der Waals surface area contributed by atoms with E-state index in [2.05, 4.69) is 4.90 Å². The summed E-state index contributed by atoms with van der Waals surface area (Å²) in [4.78, 5) is 13.4. The molecule has 0 amide bonds. The summed E-state index contributed by atoms with van der Waals surface area (Å²) in [5.41, 5.74) is 2.10. The Morgan fingerprint density at radius 1 is 1.35 bits per heavy atom. The standard InChI is InChI=1S/C16H23NO3/c1-12(16(18)19)14-5-3-13(4-6-14)11-17-9-7-15(20-2)8-10-17/h3-6,12,15H,7-11H2,1-2H3,(H,18,19). The van der Waals surface area contributed by atoms with Gasteiger partial charge >= 0.3 is 5.97 Å². The zero-order valence-corrected chi connectivity index (χ0v) is 12.2. The Bertz CT molecular complexity index is 436. The van der Waals surface area contributed by atoms with Crippen molar-refractivity contribution in [1.82, 2.24) is 4.90 Å². The first-order valence-electron chi connectivity index (χ1n) is 7.17. The van der Waals surface area contributed by atoms with Gasteiger partial charge in [0.25, 0.3) is 0 Å². The monoisotopic (exact) mass is 277 g/mol. The van der Waals surface area contributed by atoms with Crippen molar-refractivity contribution in [3.63, 3.8) is 0 Å². The predicted octanol–water partition coefficient (Wildman–Crippen LogP) is 2.49. The quantitative estimate of drug-likeness (QED) is 0.898. The molecule has 0 saturated carbocycles. The van der Waals surface area contributed by atoms with Gasteiger partial charge in [-0.05, 0) is 30.9 Å². The molecule has 4 nitrogen and oxygen atoms in total. The molecule has 4 heteroatoms. The van der Waals surface area contributed by atoms with E-state index in [0.717, 1.165) is 38.0 Å². The number of carboxylic acids is 1. The van der Waals surface area contributed by atoms with E-state index in [-0.39, 0.29) is 0 Å². The number of hydrogen-bond acceptors (Lipinski definition) is 3. The highest BCUT2D eigenvalue weighted by Gasteiger charge is 2.19. The first kappa shape index (κ1) is 15.0. The summed E-state index contributed by atoms with van der Waals surface area (Å²) in [5, 5.41) is 8.99. The molecule has 1 aliphatic rings. The van der Waals surface area contributed by atoms with E-state index < -0.39 is 11.9 Å². The third-order valence-electron chi connectivity index (χ3n) is 4.12. The molecular formula is C16H23NO3. The minimum atomic E-state index is -0.778. The van der Waals surface area contributed by atoms with Crippen molar-refractivity contribution < 1.29 is 14.6 Å². The lowest BCUT2D eigenvalue weighted by Crippen LogP contribution is -2.36. The molecule has 1 fully saturated rings. The highest BCUT2D eigenvalue weighted by atomic mass is 16.5. The fourth-order valence-corrected chi connectivity index (χ4v) is 2.62. The summed E-state index contributed by atoms with van der Waals surface area (Å²) >= 11 is 0. The van der Waals surface area contributed by atoms with Crippen LogP contribution >= 0.6 is 0 Å². The van der Waals surface area contributed by atoms with E-state index in [9.17, 15) is 4.79 Å². The van der Waals surface area contributed by atoms with Gasteiger partial charge in [-0.3, -0.25) is 9.69 Å². The number of aliphatic carboxylic acids is 1. The Morgan fingerprint density at radius 3 is 2.45 bits per heavy atom. The van der Waals surface area contributed by atoms with Crippen LogP contribution in [0.15, 0.2) is 24.3 Å². The lowest BCUT2D eigenvalue weighted by Gasteiger charge is -2.31. The molecule has 110 valence electrons. The maximum absolute atomic E-state index is 10.9. The van der Waals surface area contributed by atoms with Gasteiger partial charge in [0, 0.05) is 26.7 Å². The minimum absolute atomic E-state index is 0.407. The van der Waals surface area contributed by atoms with Crippen LogP contribution in [0.2, 0.25) is 0 Å². The highest BCUT2D eigenvalue weighted by Crippen LogP contribution is 2.19. The van der Waals surface area contributed by atoms with Gasteiger partial charge in [0.05, 0.1) is 12.0 Å². The van der Waals surface area contributed by atoms with Crippen LogP contribution in [0.1, 0.15) is 36.8 Å². The summed E-state index contributed by atoms with van der Waals surface area (Å²) in [7, 11) is 1.78. The molecule has 0 aromatic heterocycles. The van der Waals surface area contributed by atoms with Crippen LogP contribution in [0, 0.1) is 0 Å². The first-order valence-corrected chi connectivity index (χ1v) is 7.17. The molecule has 0 radical (unpaired) electrons. The van der Waals surface area contributed by atoms with E-state index in [1.807, 2.05) is 24.3 Å². The summed E-state index contributed by atoms with van der Waals surface area (Å²) in [6.07, 6.45) is 2.58. The van der Waals surface area contributed by atoms with E-state index >= 15 is 0 Å². The van der Waals surface area contributed by atoms with Gasteiger partial charge < -0.3 is 9.84 Å². The number of rotatable bonds is 5. The Kier molecular flexibility index (Phi) is 5.15. The maximum Gasteiger partial charge on any atom is 0.310 e. The Balaban J connectivity index is 1.89. The topological polar surface area (TPSA) is 49.8 Å². The molecule has 0 aliphatic carbocycles. The number of methoxy groups -OCH3 is 1. The molecule has 1 unspecified atom stereocenters. The predicted molar refractivity (Wildman–Crippen MR) is 77.8 cm³/mol. The Labute approximate surface area is 120 Å². The third kappa shape index (κ3) is 3.81. The number of carbonyl (C=O) groups is 1. The average Bonchev–Trinajstić information content (AvgIpc) is 2.48. The number of carboxylic acid groups (broad SMARTS) is 1. The second-order valence-corrected chi connectivity index (χ2v) is 5.51. The van der Waals surface area contributed by atoms with Crippen LogP contribution in [0.5, 0.6) is 0 Å². The lowest BCUT2D eigenvalue weighted by molar-refractivity contribution is -0.138. The Hall–Kier alpha value is -1.39. The smallest absolute Gasteiger partial charge is 0.310 e. The fraction of sp³-hybridized carbons (Fsp3) is 0.562. The molecule has 1 N–H and O–H groups in total. The summed E-state index contributed by atoms with van der Waals surface area (Å²) in [5.74, 6) is -1.22. The number of ether oxygens (including phenoxy) is 1. The summed E-state index contributed by atoms with van der Waals surface area (Å²) in [6.45, 7) is 4.77. The highest BCUT2D eigenvalue weighted by molar-refractivity contribution is 5.75. The van der Waals surface area contributed by atoms with Crippen LogP contribution in [-0.4, -0.2) is 42.3 Å². The van der Waals surface area contributed by atoms with Gasteiger partial charge in [-0.1, -0.05) is 24.3 Å². The van der Waals surface area contributed by atoms with Crippen molar-refractivity contribution in [1.29, 1.82) is 0 Å². The molecule has 1 atom stereocenters. The van der Waals surface area contributed by atoms with Gasteiger partial charge in [-0.2, -0.15) is 0 Å². The molecular weight excluding hydrogens is 254 g/mol. The molecule has 20 heavy (non-hydrogen) atoms. The van der Waals surface area contributed by atoms with Gasteiger partial charge in [-0.15, -0.1) is 0 Å². The van der Waals surface area contributed by atoms with Gasteiger partial charge in [0.2, 0.25) is 0 Å². The number of piperidine rings is 1. The number of hydrogen-bond donors (Lipinski definition) is 1. The second kappa shape index (κ2) is 6.86. The molecule has 1 aromatic carbocycles. The van der Waals surface area contributed by atoms with E-state index in [4.69, 9.17) is 9.84 Å². The zero-order valence-electron chi connectivity index (χ0n) is 12.2. The molecule has 1 heterocycles. The Morgan fingerprint density at radius 2 is 1.95 bits per heavy atom. The first-order chi connectivity index (χ1) is 9.60. The van der Waals surface area contributed by atoms with Crippen molar-refractivity contribution in [3.8, 4) is 0 Å². The van der Waals surface area contributed by atoms with Crippen LogP contribution in [0.3, 0.4) is 0 Å². The van der Waals surface area contributed by atoms with Gasteiger partial charge in [-0.25, -0.2) is 0 Å². The van der Waals surface area contributed by atoms with Crippen LogP contribution in [0.25, 0.3) is 0 Å². The average molecular weight is 277 g/mol. The molecule has 0 bridgehead atoms. The van der Waals surface area contributed by atoms with Crippen molar-refractivity contribution in [2.75, 3.05) is 20.2 Å². The van der Waals surface area contributed by atoms with Gasteiger partial charge in [0.15, 0.2) is 0 Å². The van der Waals surface area contributed by atoms with Crippen molar-refractivity contribution >= 4 is 5.97 Å². The van der Waals surface area contributed by atoms with Crippen LogP contribution < -0.4 is 0 Å². The molecule has 1 aromatic rings. The summed E-state index contributed by atoms with van der Waals surface area (Å²) < 4.78 is 5.37. The number of likely N-dealkylation sites (tertiary alicyclic amines) is 1. The molecule has 1 aliphatic heterocycles. The third-order valence-corrected chi connectivity index (χ3v) is 4.12. The van der Waals surface area contributed by atoms with E-state index in [1.54, 1.807) is 14.0 Å².